The molecule has 2 aromatic rings. The number of rotatable bonds is 4. The number of aromatic hydroxyl groups is 1. The molecule has 0 aliphatic carbocycles. The van der Waals surface area contributed by atoms with E-state index in [-0.39, 0.29) is 17.4 Å². The molecule has 0 aliphatic rings. The zero-order valence-corrected chi connectivity index (χ0v) is 11.5. The highest BCUT2D eigenvalue weighted by molar-refractivity contribution is 5.33. The highest BCUT2D eigenvalue weighted by atomic mass is 19.1. The van der Waals surface area contributed by atoms with Crippen LogP contribution in [0.3, 0.4) is 0 Å². The molecule has 0 amide bonds. The van der Waals surface area contributed by atoms with Crippen molar-refractivity contribution in [1.29, 1.82) is 0 Å². The number of nitrogens with one attached hydrogen (secondary N) is 1. The third-order valence-corrected chi connectivity index (χ3v) is 3.18. The van der Waals surface area contributed by atoms with E-state index in [0.29, 0.717) is 29.8 Å². The van der Waals surface area contributed by atoms with Crippen molar-refractivity contribution in [3.05, 3.63) is 64.2 Å². The first-order valence-electron chi connectivity index (χ1n) is 6.41. The van der Waals surface area contributed by atoms with E-state index in [2.05, 4.69) is 5.32 Å². The first kappa shape index (κ1) is 14.5. The first-order chi connectivity index (χ1) is 9.47. The summed E-state index contributed by atoms with van der Waals surface area (Å²) in [6, 6.07) is 7.40. The normalized spacial score (nSPS) is 10.8. The highest BCUT2D eigenvalue weighted by Gasteiger charge is 2.05. The highest BCUT2D eigenvalue weighted by Crippen LogP contribution is 2.18. The summed E-state index contributed by atoms with van der Waals surface area (Å²) in [4.78, 5) is 0. The summed E-state index contributed by atoms with van der Waals surface area (Å²) in [7, 11) is 0. The Balaban J connectivity index is 2.01. The summed E-state index contributed by atoms with van der Waals surface area (Å²) >= 11 is 0. The summed E-state index contributed by atoms with van der Waals surface area (Å²) in [5.41, 5.74) is 2.67. The van der Waals surface area contributed by atoms with Gasteiger partial charge in [-0.2, -0.15) is 0 Å². The second-order valence-corrected chi connectivity index (χ2v) is 4.92. The van der Waals surface area contributed by atoms with E-state index in [1.165, 1.54) is 18.2 Å². The van der Waals surface area contributed by atoms with E-state index in [0.717, 1.165) is 5.56 Å². The third-order valence-electron chi connectivity index (χ3n) is 3.18. The van der Waals surface area contributed by atoms with Gasteiger partial charge in [0.1, 0.15) is 17.4 Å². The third kappa shape index (κ3) is 3.33. The zero-order chi connectivity index (χ0) is 14.7. The number of halogens is 2. The van der Waals surface area contributed by atoms with Crippen molar-refractivity contribution >= 4 is 0 Å². The van der Waals surface area contributed by atoms with Gasteiger partial charge in [-0.05, 0) is 48.7 Å². The first-order valence-corrected chi connectivity index (χ1v) is 6.41. The maximum absolute atomic E-state index is 13.5. The van der Waals surface area contributed by atoms with Crippen LogP contribution in [0.15, 0.2) is 30.3 Å². The lowest BCUT2D eigenvalue weighted by Gasteiger charge is -2.09. The Labute approximate surface area is 117 Å². The fourth-order valence-corrected chi connectivity index (χ4v) is 2.17. The summed E-state index contributed by atoms with van der Waals surface area (Å²) in [6.45, 7) is 4.32. The molecule has 0 unspecified atom stereocenters. The summed E-state index contributed by atoms with van der Waals surface area (Å²) in [6.07, 6.45) is 0. The lowest BCUT2D eigenvalue weighted by molar-refractivity contribution is 0.461. The summed E-state index contributed by atoms with van der Waals surface area (Å²) in [5, 5.41) is 12.7. The van der Waals surface area contributed by atoms with Gasteiger partial charge in [0.15, 0.2) is 0 Å². The molecule has 20 heavy (non-hydrogen) atoms. The molecule has 0 spiro atoms. The Morgan fingerprint density at radius 2 is 1.65 bits per heavy atom. The SMILES string of the molecule is Cc1cc(CNCc2cc(F)ccc2O)cc(C)c1F. The van der Waals surface area contributed by atoms with E-state index >= 15 is 0 Å². The van der Waals surface area contributed by atoms with E-state index in [4.69, 9.17) is 0 Å². The molecule has 0 saturated heterocycles. The number of benzene rings is 2. The Morgan fingerprint density at radius 1 is 1.00 bits per heavy atom. The van der Waals surface area contributed by atoms with Gasteiger partial charge in [-0.15, -0.1) is 0 Å². The standard InChI is InChI=1S/C16H17F2NO/c1-10-5-12(6-11(2)16(10)18)8-19-9-13-7-14(17)3-4-15(13)20/h3-7,19-20H,8-9H2,1-2H3. The Hall–Kier alpha value is -1.94. The Morgan fingerprint density at radius 3 is 2.30 bits per heavy atom. The van der Waals surface area contributed by atoms with Gasteiger partial charge >= 0.3 is 0 Å². The van der Waals surface area contributed by atoms with Crippen LogP contribution < -0.4 is 5.32 Å². The van der Waals surface area contributed by atoms with Gasteiger partial charge in [-0.1, -0.05) is 12.1 Å². The lowest BCUT2D eigenvalue weighted by atomic mass is 10.1. The van der Waals surface area contributed by atoms with Gasteiger partial charge in [0, 0.05) is 18.7 Å². The molecule has 0 heterocycles. The molecule has 2 rings (SSSR count). The lowest BCUT2D eigenvalue weighted by Crippen LogP contribution is -2.13. The van der Waals surface area contributed by atoms with Crippen molar-refractivity contribution < 1.29 is 13.9 Å². The second kappa shape index (κ2) is 6.01. The number of hydrogen-bond acceptors (Lipinski definition) is 2. The molecule has 2 N–H and O–H groups in total. The predicted octanol–water partition coefficient (Wildman–Crippen LogP) is 3.58. The molecule has 0 fully saturated rings. The molecule has 0 saturated carbocycles. The zero-order valence-electron chi connectivity index (χ0n) is 11.5. The minimum Gasteiger partial charge on any atom is -0.508 e. The predicted molar refractivity (Wildman–Crippen MR) is 74.5 cm³/mol. The maximum atomic E-state index is 13.5. The van der Waals surface area contributed by atoms with Crippen molar-refractivity contribution in [3.8, 4) is 5.75 Å². The number of hydrogen-bond donors (Lipinski definition) is 2. The minimum absolute atomic E-state index is 0.0605. The largest absolute Gasteiger partial charge is 0.508 e. The van der Waals surface area contributed by atoms with Crippen molar-refractivity contribution in [2.45, 2.75) is 26.9 Å². The van der Waals surface area contributed by atoms with Crippen LogP contribution in [0.1, 0.15) is 22.3 Å². The molecule has 2 aromatic carbocycles. The second-order valence-electron chi connectivity index (χ2n) is 4.92. The van der Waals surface area contributed by atoms with Crippen molar-refractivity contribution in [2.24, 2.45) is 0 Å². The Kier molecular flexibility index (Phi) is 4.35. The van der Waals surface area contributed by atoms with E-state index < -0.39 is 0 Å². The molecular weight excluding hydrogens is 260 g/mol. The maximum Gasteiger partial charge on any atom is 0.129 e. The van der Waals surface area contributed by atoms with Gasteiger partial charge in [0.2, 0.25) is 0 Å². The van der Waals surface area contributed by atoms with Gasteiger partial charge in [0.25, 0.3) is 0 Å². The number of phenols is 1. The minimum atomic E-state index is -0.381. The molecule has 0 aromatic heterocycles. The van der Waals surface area contributed by atoms with E-state index in [1.807, 2.05) is 0 Å². The smallest absolute Gasteiger partial charge is 0.129 e. The van der Waals surface area contributed by atoms with E-state index in [1.54, 1.807) is 26.0 Å². The molecule has 0 radical (unpaired) electrons. The molecule has 4 heteroatoms. The van der Waals surface area contributed by atoms with Crippen molar-refractivity contribution in [3.63, 3.8) is 0 Å². The number of aryl methyl sites for hydroxylation is 2. The average molecular weight is 277 g/mol. The van der Waals surface area contributed by atoms with Crippen molar-refractivity contribution in [2.75, 3.05) is 0 Å². The van der Waals surface area contributed by atoms with Crippen LogP contribution in [0.25, 0.3) is 0 Å². The van der Waals surface area contributed by atoms with Gasteiger partial charge in [-0.3, -0.25) is 0 Å². The van der Waals surface area contributed by atoms with Crippen LogP contribution in [0, 0.1) is 25.5 Å². The van der Waals surface area contributed by atoms with Gasteiger partial charge in [-0.25, -0.2) is 8.78 Å². The molecule has 0 aliphatic heterocycles. The fraction of sp³-hybridized carbons (Fsp3) is 0.250. The number of phenolic OH excluding ortho intramolecular Hbond substituents is 1. The summed E-state index contributed by atoms with van der Waals surface area (Å²) < 4.78 is 26.6. The average Bonchev–Trinajstić information content (AvgIpc) is 2.40. The Bertz CT molecular complexity index is 603. The van der Waals surface area contributed by atoms with Crippen LogP contribution in [-0.2, 0) is 13.1 Å². The quantitative estimate of drug-likeness (QED) is 0.895. The van der Waals surface area contributed by atoms with Crippen molar-refractivity contribution in [1.82, 2.24) is 5.32 Å². The fourth-order valence-electron chi connectivity index (χ4n) is 2.17. The molecular formula is C16H17F2NO. The molecule has 106 valence electrons. The monoisotopic (exact) mass is 277 g/mol. The van der Waals surface area contributed by atoms with Gasteiger partial charge < -0.3 is 10.4 Å². The van der Waals surface area contributed by atoms with Gasteiger partial charge in [0.05, 0.1) is 0 Å². The van der Waals surface area contributed by atoms with Crippen LogP contribution in [0.4, 0.5) is 8.78 Å². The van der Waals surface area contributed by atoms with Crippen LogP contribution >= 0.6 is 0 Å². The molecule has 0 bridgehead atoms. The topological polar surface area (TPSA) is 32.3 Å². The van der Waals surface area contributed by atoms with E-state index in [9.17, 15) is 13.9 Å². The summed E-state index contributed by atoms with van der Waals surface area (Å²) in [5.74, 6) is -0.505. The van der Waals surface area contributed by atoms with Crippen LogP contribution in [-0.4, -0.2) is 5.11 Å². The van der Waals surface area contributed by atoms with Crippen LogP contribution in [0.2, 0.25) is 0 Å². The molecule has 2 nitrogen and oxygen atoms in total. The van der Waals surface area contributed by atoms with Crippen LogP contribution in [0.5, 0.6) is 5.75 Å². The molecule has 0 atom stereocenters.